The Morgan fingerprint density at radius 2 is 1.38 bits per heavy atom. The third-order valence-electron chi connectivity index (χ3n) is 6.65. The lowest BCUT2D eigenvalue weighted by Crippen LogP contribution is -2.56. The van der Waals surface area contributed by atoms with Crippen molar-refractivity contribution in [2.24, 2.45) is 5.73 Å². The molecule has 0 saturated carbocycles. The summed E-state index contributed by atoms with van der Waals surface area (Å²) in [7, 11) is 0. The minimum absolute atomic E-state index is 0.241. The first kappa shape index (κ1) is 27.6. The zero-order valence-corrected chi connectivity index (χ0v) is 22.0. The van der Waals surface area contributed by atoms with E-state index in [1.807, 2.05) is 91.1 Å². The van der Waals surface area contributed by atoms with Crippen LogP contribution in [-0.2, 0) is 33.8 Å². The van der Waals surface area contributed by atoms with Gasteiger partial charge in [0, 0.05) is 30.1 Å². The molecule has 0 unspecified atom stereocenters. The number of nitrogens with two attached hydrogens (primary N) is 1. The molecule has 8 heteroatoms. The number of hydrogen-bond donors (Lipinski definition) is 5. The molecule has 0 aliphatic carbocycles. The highest BCUT2D eigenvalue weighted by Gasteiger charge is 2.28. The summed E-state index contributed by atoms with van der Waals surface area (Å²) in [5, 5.41) is 9.59. The predicted octanol–water partition coefficient (Wildman–Crippen LogP) is 2.98. The van der Waals surface area contributed by atoms with Crippen LogP contribution in [0.3, 0.4) is 0 Å². The van der Waals surface area contributed by atoms with Gasteiger partial charge in [-0.05, 0) is 42.5 Å². The molecule has 3 aromatic carbocycles. The number of aromatic nitrogens is 1. The van der Waals surface area contributed by atoms with Crippen molar-refractivity contribution in [2.45, 2.75) is 50.9 Å². The fourth-order valence-corrected chi connectivity index (χ4v) is 4.44. The van der Waals surface area contributed by atoms with Gasteiger partial charge in [0.2, 0.25) is 17.7 Å². The Hall–Kier alpha value is -4.43. The maximum Gasteiger partial charge on any atom is 0.243 e. The Morgan fingerprint density at radius 3 is 2.08 bits per heavy atom. The Kier molecular flexibility index (Phi) is 9.48. The highest BCUT2D eigenvalue weighted by atomic mass is 16.2. The van der Waals surface area contributed by atoms with Crippen LogP contribution in [0.4, 0.5) is 0 Å². The summed E-state index contributed by atoms with van der Waals surface area (Å²) >= 11 is 0. The highest BCUT2D eigenvalue weighted by Crippen LogP contribution is 2.19. The lowest BCUT2D eigenvalue weighted by molar-refractivity contribution is -0.132. The van der Waals surface area contributed by atoms with E-state index in [4.69, 9.17) is 5.73 Å². The van der Waals surface area contributed by atoms with Crippen LogP contribution in [0, 0.1) is 0 Å². The SMILES string of the molecule is C[C@H](N)C(=O)N[C@@H](Cc1c[nH]c2ccccc12)C(=O)N[C@@H](CCc1ccccc1)C(=O)NCc1ccccc1. The molecule has 3 amide bonds. The minimum Gasteiger partial charge on any atom is -0.361 e. The zero-order valence-electron chi connectivity index (χ0n) is 22.0. The second-order valence-electron chi connectivity index (χ2n) is 9.70. The highest BCUT2D eigenvalue weighted by molar-refractivity contribution is 5.94. The van der Waals surface area contributed by atoms with Crippen LogP contribution in [-0.4, -0.2) is 40.8 Å². The Bertz CT molecular complexity index is 1390. The number of H-pyrrole nitrogens is 1. The van der Waals surface area contributed by atoms with E-state index < -0.39 is 29.9 Å². The fraction of sp³-hybridized carbons (Fsp3) is 0.258. The Morgan fingerprint density at radius 1 is 0.769 bits per heavy atom. The molecule has 1 heterocycles. The van der Waals surface area contributed by atoms with E-state index in [0.717, 1.165) is 27.6 Å². The second kappa shape index (κ2) is 13.4. The van der Waals surface area contributed by atoms with Crippen molar-refractivity contribution in [1.29, 1.82) is 0 Å². The molecule has 6 N–H and O–H groups in total. The molecule has 0 aliphatic heterocycles. The number of benzene rings is 3. The first-order valence-corrected chi connectivity index (χ1v) is 13.2. The lowest BCUT2D eigenvalue weighted by atomic mass is 10.0. The van der Waals surface area contributed by atoms with Crippen LogP contribution in [0.1, 0.15) is 30.0 Å². The van der Waals surface area contributed by atoms with Crippen molar-refractivity contribution in [3.63, 3.8) is 0 Å². The summed E-state index contributed by atoms with van der Waals surface area (Å²) in [6, 6.07) is 24.7. The maximum atomic E-state index is 13.6. The topological polar surface area (TPSA) is 129 Å². The van der Waals surface area contributed by atoms with E-state index in [0.29, 0.717) is 19.4 Å². The van der Waals surface area contributed by atoms with Crippen molar-refractivity contribution in [1.82, 2.24) is 20.9 Å². The van der Waals surface area contributed by atoms with E-state index in [1.54, 1.807) is 6.92 Å². The molecule has 4 rings (SSSR count). The smallest absolute Gasteiger partial charge is 0.243 e. The summed E-state index contributed by atoms with van der Waals surface area (Å²) in [6.07, 6.45) is 3.08. The third kappa shape index (κ3) is 7.78. The molecule has 0 saturated heterocycles. The number of aromatic amines is 1. The molecule has 0 radical (unpaired) electrons. The standard InChI is InChI=1S/C31H35N5O3/c1-21(32)29(37)36-28(18-24-20-33-26-15-9-8-14-25(24)26)31(39)35-27(17-16-22-10-4-2-5-11-22)30(38)34-19-23-12-6-3-7-13-23/h2-15,20-21,27-28,33H,16-19,32H2,1H3,(H,34,38)(H,35,39)(H,36,37)/t21-,27-,28-/m0/s1. The fourth-order valence-electron chi connectivity index (χ4n) is 4.44. The van der Waals surface area contributed by atoms with Crippen LogP contribution in [0.2, 0.25) is 0 Å². The van der Waals surface area contributed by atoms with Crippen LogP contribution >= 0.6 is 0 Å². The molecular formula is C31H35N5O3. The number of aryl methyl sites for hydroxylation is 1. The van der Waals surface area contributed by atoms with E-state index in [9.17, 15) is 14.4 Å². The molecule has 202 valence electrons. The molecule has 0 spiro atoms. The molecule has 1 aromatic heterocycles. The molecule has 39 heavy (non-hydrogen) atoms. The van der Waals surface area contributed by atoms with Gasteiger partial charge in [-0.2, -0.15) is 0 Å². The van der Waals surface area contributed by atoms with Crippen LogP contribution in [0.5, 0.6) is 0 Å². The van der Waals surface area contributed by atoms with Crippen molar-refractivity contribution >= 4 is 28.6 Å². The van der Waals surface area contributed by atoms with Gasteiger partial charge in [-0.15, -0.1) is 0 Å². The molecule has 0 aliphatic rings. The molecule has 0 bridgehead atoms. The number of fused-ring (bicyclic) bond motifs is 1. The normalized spacial score (nSPS) is 13.3. The van der Waals surface area contributed by atoms with Crippen molar-refractivity contribution in [3.05, 3.63) is 108 Å². The number of carbonyl (C=O) groups is 3. The van der Waals surface area contributed by atoms with Crippen LogP contribution < -0.4 is 21.7 Å². The second-order valence-corrected chi connectivity index (χ2v) is 9.70. The van der Waals surface area contributed by atoms with Crippen molar-refractivity contribution < 1.29 is 14.4 Å². The molecule has 4 aromatic rings. The van der Waals surface area contributed by atoms with Gasteiger partial charge in [-0.3, -0.25) is 14.4 Å². The quantitative estimate of drug-likeness (QED) is 0.195. The van der Waals surface area contributed by atoms with Gasteiger partial charge < -0.3 is 26.7 Å². The minimum atomic E-state index is -0.913. The lowest BCUT2D eigenvalue weighted by Gasteiger charge is -2.24. The van der Waals surface area contributed by atoms with Gasteiger partial charge >= 0.3 is 0 Å². The monoisotopic (exact) mass is 525 g/mol. The summed E-state index contributed by atoms with van der Waals surface area (Å²) < 4.78 is 0. The average Bonchev–Trinajstić information content (AvgIpc) is 3.37. The molecule has 0 fully saturated rings. The van der Waals surface area contributed by atoms with E-state index in [2.05, 4.69) is 20.9 Å². The number of amides is 3. The molecule has 3 atom stereocenters. The summed E-state index contributed by atoms with van der Waals surface area (Å²) in [5.74, 6) is -1.17. The Balaban J connectivity index is 1.52. The predicted molar refractivity (Wildman–Crippen MR) is 153 cm³/mol. The van der Waals surface area contributed by atoms with Gasteiger partial charge in [0.05, 0.1) is 6.04 Å². The first-order chi connectivity index (χ1) is 18.9. The van der Waals surface area contributed by atoms with Gasteiger partial charge in [-0.25, -0.2) is 0 Å². The summed E-state index contributed by atoms with van der Waals surface area (Å²) in [5.41, 5.74) is 9.63. The van der Waals surface area contributed by atoms with E-state index in [1.165, 1.54) is 0 Å². The van der Waals surface area contributed by atoms with Crippen molar-refractivity contribution in [2.75, 3.05) is 0 Å². The van der Waals surface area contributed by atoms with E-state index in [-0.39, 0.29) is 12.3 Å². The number of carbonyl (C=O) groups excluding carboxylic acids is 3. The van der Waals surface area contributed by atoms with Gasteiger partial charge in [0.15, 0.2) is 0 Å². The van der Waals surface area contributed by atoms with Gasteiger partial charge in [0.25, 0.3) is 0 Å². The average molecular weight is 526 g/mol. The molecular weight excluding hydrogens is 490 g/mol. The number of para-hydroxylation sites is 1. The maximum absolute atomic E-state index is 13.6. The number of nitrogens with one attached hydrogen (secondary N) is 4. The number of rotatable bonds is 12. The summed E-state index contributed by atoms with van der Waals surface area (Å²) in [6.45, 7) is 1.91. The zero-order chi connectivity index (χ0) is 27.6. The van der Waals surface area contributed by atoms with Crippen molar-refractivity contribution in [3.8, 4) is 0 Å². The van der Waals surface area contributed by atoms with Crippen LogP contribution in [0.15, 0.2) is 91.1 Å². The number of hydrogen-bond acceptors (Lipinski definition) is 4. The van der Waals surface area contributed by atoms with Gasteiger partial charge in [0.1, 0.15) is 12.1 Å². The molecule has 8 nitrogen and oxygen atoms in total. The third-order valence-corrected chi connectivity index (χ3v) is 6.65. The van der Waals surface area contributed by atoms with E-state index >= 15 is 0 Å². The Labute approximate surface area is 228 Å². The first-order valence-electron chi connectivity index (χ1n) is 13.2. The largest absolute Gasteiger partial charge is 0.361 e. The summed E-state index contributed by atoms with van der Waals surface area (Å²) in [4.78, 5) is 42.6. The van der Waals surface area contributed by atoms with Crippen LogP contribution in [0.25, 0.3) is 10.9 Å². The van der Waals surface area contributed by atoms with Gasteiger partial charge in [-0.1, -0.05) is 78.9 Å².